The van der Waals surface area contributed by atoms with Crippen LogP contribution in [0.25, 0.3) is 0 Å². The Labute approximate surface area is 122 Å². The summed E-state index contributed by atoms with van der Waals surface area (Å²) in [7, 11) is 0. The number of carbonyl (C=O) groups is 2. The molecule has 0 bridgehead atoms. The van der Waals surface area contributed by atoms with E-state index in [9.17, 15) is 9.59 Å². The van der Waals surface area contributed by atoms with E-state index >= 15 is 0 Å². The van der Waals surface area contributed by atoms with Crippen molar-refractivity contribution < 1.29 is 9.59 Å². The Hall–Kier alpha value is -0.860. The maximum absolute atomic E-state index is 12.3. The minimum Gasteiger partial charge on any atom is -0.296 e. The molecule has 2 rings (SSSR count). The second-order valence-corrected chi connectivity index (χ2v) is 7.37. The Bertz CT molecular complexity index is 367. The minimum absolute atomic E-state index is 0.0103. The first kappa shape index (κ1) is 15.5. The molecule has 0 aromatic rings. The molecule has 1 heterocycles. The van der Waals surface area contributed by atoms with Gasteiger partial charge in [0.15, 0.2) is 0 Å². The van der Waals surface area contributed by atoms with Crippen molar-refractivity contribution in [1.29, 1.82) is 0 Å². The fourth-order valence-corrected chi connectivity index (χ4v) is 4.29. The number of rotatable bonds is 4. The average molecular weight is 279 g/mol. The van der Waals surface area contributed by atoms with Crippen LogP contribution in [0.1, 0.15) is 72.1 Å². The molecule has 0 radical (unpaired) electrons. The molecule has 3 nitrogen and oxygen atoms in total. The predicted molar refractivity (Wildman–Crippen MR) is 80.0 cm³/mol. The number of carbonyl (C=O) groups excluding carboxylic acids is 2. The van der Waals surface area contributed by atoms with Crippen molar-refractivity contribution in [2.24, 2.45) is 23.2 Å². The largest absolute Gasteiger partial charge is 0.296 e. The van der Waals surface area contributed by atoms with Crippen LogP contribution in [-0.4, -0.2) is 11.8 Å². The van der Waals surface area contributed by atoms with Crippen LogP contribution in [0.4, 0.5) is 0 Å². The maximum atomic E-state index is 12.3. The highest BCUT2D eigenvalue weighted by molar-refractivity contribution is 5.99. The van der Waals surface area contributed by atoms with Crippen LogP contribution in [0.15, 0.2) is 0 Å². The van der Waals surface area contributed by atoms with Gasteiger partial charge in [0.05, 0.1) is 0 Å². The van der Waals surface area contributed by atoms with E-state index < -0.39 is 0 Å². The molecule has 3 heteroatoms. The van der Waals surface area contributed by atoms with E-state index in [0.29, 0.717) is 12.3 Å². The van der Waals surface area contributed by atoms with Gasteiger partial charge in [0.2, 0.25) is 11.8 Å². The first-order valence-electron chi connectivity index (χ1n) is 8.30. The number of hydrogen-bond acceptors (Lipinski definition) is 2. The van der Waals surface area contributed by atoms with Crippen molar-refractivity contribution >= 4 is 11.8 Å². The van der Waals surface area contributed by atoms with Crippen molar-refractivity contribution in [3.63, 3.8) is 0 Å². The van der Waals surface area contributed by atoms with E-state index in [1.165, 1.54) is 25.7 Å². The van der Waals surface area contributed by atoms with E-state index in [2.05, 4.69) is 26.1 Å². The first-order chi connectivity index (χ1) is 9.47. The molecule has 2 fully saturated rings. The molecule has 2 amide bonds. The highest BCUT2D eigenvalue weighted by atomic mass is 16.2. The van der Waals surface area contributed by atoms with Gasteiger partial charge in [-0.15, -0.1) is 0 Å². The second kappa shape index (κ2) is 6.28. The quantitative estimate of drug-likeness (QED) is 0.798. The number of imide groups is 1. The van der Waals surface area contributed by atoms with Crippen LogP contribution in [0.3, 0.4) is 0 Å². The molecule has 1 aliphatic carbocycles. The lowest BCUT2D eigenvalue weighted by Crippen LogP contribution is -2.53. The summed E-state index contributed by atoms with van der Waals surface area (Å²) < 4.78 is 0. The van der Waals surface area contributed by atoms with Crippen molar-refractivity contribution in [3.05, 3.63) is 0 Å². The summed E-state index contributed by atoms with van der Waals surface area (Å²) in [6.07, 6.45) is 8.54. The van der Waals surface area contributed by atoms with Gasteiger partial charge in [0.25, 0.3) is 0 Å². The van der Waals surface area contributed by atoms with Crippen LogP contribution >= 0.6 is 0 Å². The fraction of sp³-hybridized carbons (Fsp3) is 0.882. The molecule has 0 aromatic heterocycles. The lowest BCUT2D eigenvalue weighted by Gasteiger charge is -2.47. The minimum atomic E-state index is -0.0519. The smallest absolute Gasteiger partial charge is 0.230 e. The van der Waals surface area contributed by atoms with Gasteiger partial charge in [-0.25, -0.2) is 0 Å². The summed E-state index contributed by atoms with van der Waals surface area (Å²) in [5.74, 6) is 1.30. The maximum Gasteiger partial charge on any atom is 0.230 e. The van der Waals surface area contributed by atoms with Crippen LogP contribution in [0.2, 0.25) is 0 Å². The van der Waals surface area contributed by atoms with Crippen LogP contribution in [0, 0.1) is 23.2 Å². The third-order valence-electron chi connectivity index (χ3n) is 5.34. The standard InChI is InChI=1S/C17H29NO2/c1-4-5-13-6-8-17(9-7-13)11-15(19)18-16(20)14(17)10-12(2)3/h12-14H,4-11H2,1-3H3,(H,18,19,20). The second-order valence-electron chi connectivity index (χ2n) is 7.37. The van der Waals surface area contributed by atoms with Gasteiger partial charge >= 0.3 is 0 Å². The zero-order chi connectivity index (χ0) is 14.8. The van der Waals surface area contributed by atoms with Crippen molar-refractivity contribution in [2.45, 2.75) is 72.1 Å². The van der Waals surface area contributed by atoms with Gasteiger partial charge in [-0.2, -0.15) is 0 Å². The molecule has 1 atom stereocenters. The molecule has 0 aromatic carbocycles. The topological polar surface area (TPSA) is 46.2 Å². The van der Waals surface area contributed by atoms with Gasteiger partial charge in [-0.05, 0) is 49.4 Å². The highest BCUT2D eigenvalue weighted by Crippen LogP contribution is 2.51. The van der Waals surface area contributed by atoms with Gasteiger partial charge in [0.1, 0.15) is 0 Å². The molecular weight excluding hydrogens is 250 g/mol. The third kappa shape index (κ3) is 3.24. The average Bonchev–Trinajstić information content (AvgIpc) is 2.37. The van der Waals surface area contributed by atoms with E-state index in [-0.39, 0.29) is 23.1 Å². The van der Waals surface area contributed by atoms with E-state index in [1.54, 1.807) is 0 Å². The molecule has 20 heavy (non-hydrogen) atoms. The molecule has 114 valence electrons. The molecule has 1 saturated heterocycles. The SMILES string of the molecule is CCCC1CCC2(CC1)CC(=O)NC(=O)C2CC(C)C. The lowest BCUT2D eigenvalue weighted by molar-refractivity contribution is -0.147. The molecule has 1 unspecified atom stereocenters. The van der Waals surface area contributed by atoms with Gasteiger partial charge in [-0.1, -0.05) is 33.6 Å². The Kier molecular flexibility index (Phi) is 4.87. The number of amides is 2. The zero-order valence-corrected chi connectivity index (χ0v) is 13.2. The first-order valence-corrected chi connectivity index (χ1v) is 8.30. The zero-order valence-electron chi connectivity index (χ0n) is 13.2. The molecule has 2 aliphatic rings. The Morgan fingerprint density at radius 2 is 1.90 bits per heavy atom. The predicted octanol–water partition coefficient (Wildman–Crippen LogP) is 3.67. The molecule has 1 saturated carbocycles. The van der Waals surface area contributed by atoms with Crippen LogP contribution in [-0.2, 0) is 9.59 Å². The van der Waals surface area contributed by atoms with Crippen molar-refractivity contribution in [1.82, 2.24) is 5.32 Å². The monoisotopic (exact) mass is 279 g/mol. The van der Waals surface area contributed by atoms with E-state index in [4.69, 9.17) is 0 Å². The van der Waals surface area contributed by atoms with E-state index in [0.717, 1.165) is 25.2 Å². The Morgan fingerprint density at radius 3 is 2.45 bits per heavy atom. The molecular formula is C17H29NO2. The lowest BCUT2D eigenvalue weighted by atomic mass is 9.58. The fourth-order valence-electron chi connectivity index (χ4n) is 4.29. The number of hydrogen-bond donors (Lipinski definition) is 1. The summed E-state index contributed by atoms with van der Waals surface area (Å²) >= 11 is 0. The Morgan fingerprint density at radius 1 is 1.25 bits per heavy atom. The normalized spacial score (nSPS) is 34.6. The molecule has 1 N–H and O–H groups in total. The Balaban J connectivity index is 2.12. The van der Waals surface area contributed by atoms with Gasteiger partial charge < -0.3 is 0 Å². The highest BCUT2D eigenvalue weighted by Gasteiger charge is 2.49. The third-order valence-corrected chi connectivity index (χ3v) is 5.34. The van der Waals surface area contributed by atoms with Crippen LogP contribution < -0.4 is 5.32 Å². The molecule has 1 spiro atoms. The van der Waals surface area contributed by atoms with Crippen molar-refractivity contribution in [2.75, 3.05) is 0 Å². The van der Waals surface area contributed by atoms with E-state index in [1.807, 2.05) is 0 Å². The number of nitrogens with one attached hydrogen (secondary N) is 1. The molecule has 1 aliphatic heterocycles. The summed E-state index contributed by atoms with van der Waals surface area (Å²) in [6.45, 7) is 6.57. The van der Waals surface area contributed by atoms with Gasteiger partial charge in [-0.3, -0.25) is 14.9 Å². The summed E-state index contributed by atoms with van der Waals surface area (Å²) in [6, 6.07) is 0. The summed E-state index contributed by atoms with van der Waals surface area (Å²) in [4.78, 5) is 24.1. The summed E-state index contributed by atoms with van der Waals surface area (Å²) in [5, 5.41) is 2.56. The van der Waals surface area contributed by atoms with Crippen LogP contribution in [0.5, 0.6) is 0 Å². The summed E-state index contributed by atoms with van der Waals surface area (Å²) in [5.41, 5.74) is -0.0338. The van der Waals surface area contributed by atoms with Gasteiger partial charge in [0, 0.05) is 12.3 Å². The van der Waals surface area contributed by atoms with Crippen molar-refractivity contribution in [3.8, 4) is 0 Å². The number of piperidine rings is 1.